The molecule has 3 nitrogen and oxygen atoms in total. The predicted molar refractivity (Wildman–Crippen MR) is 63.6 cm³/mol. The first-order chi connectivity index (χ1) is 8.61. The van der Waals surface area contributed by atoms with Crippen LogP contribution < -0.4 is 5.32 Å². The molecule has 0 saturated heterocycles. The van der Waals surface area contributed by atoms with Gasteiger partial charge in [0.2, 0.25) is 0 Å². The maximum Gasteiger partial charge on any atom is 0.150 e. The van der Waals surface area contributed by atoms with Crippen molar-refractivity contribution < 1.29 is 8.78 Å². The second-order valence-electron chi connectivity index (χ2n) is 3.38. The fraction of sp³-hybridized carbons (Fsp3) is 0. The van der Waals surface area contributed by atoms with Crippen LogP contribution in [0.4, 0.5) is 20.3 Å². The molecule has 0 bridgehead atoms. The van der Waals surface area contributed by atoms with E-state index in [1.807, 2.05) is 6.07 Å². The Morgan fingerprint density at radius 2 is 2.06 bits per heavy atom. The van der Waals surface area contributed by atoms with Crippen molar-refractivity contribution in [2.45, 2.75) is 0 Å². The lowest BCUT2D eigenvalue weighted by Gasteiger charge is -2.08. The fourth-order valence-corrected chi connectivity index (χ4v) is 1.54. The SMILES string of the molecule is N#Cc1ccnc(Nc2cc(F)ccc2F)c1Cl. The zero-order valence-corrected chi connectivity index (χ0v) is 9.67. The van der Waals surface area contributed by atoms with Crippen LogP contribution in [0, 0.1) is 23.0 Å². The van der Waals surface area contributed by atoms with Crippen LogP contribution in [-0.4, -0.2) is 4.98 Å². The van der Waals surface area contributed by atoms with Gasteiger partial charge in [-0.2, -0.15) is 5.26 Å². The Bertz CT molecular complexity index is 638. The highest BCUT2D eigenvalue weighted by atomic mass is 35.5. The van der Waals surface area contributed by atoms with E-state index in [1.165, 1.54) is 12.3 Å². The quantitative estimate of drug-likeness (QED) is 0.902. The number of rotatable bonds is 2. The van der Waals surface area contributed by atoms with Gasteiger partial charge in [-0.15, -0.1) is 0 Å². The van der Waals surface area contributed by atoms with Crippen LogP contribution in [0.3, 0.4) is 0 Å². The van der Waals surface area contributed by atoms with E-state index in [4.69, 9.17) is 16.9 Å². The molecule has 0 saturated carbocycles. The predicted octanol–water partition coefficient (Wildman–Crippen LogP) is 3.63. The average molecular weight is 266 g/mol. The molecule has 1 aromatic carbocycles. The number of pyridine rings is 1. The second-order valence-corrected chi connectivity index (χ2v) is 3.76. The smallest absolute Gasteiger partial charge is 0.150 e. The summed E-state index contributed by atoms with van der Waals surface area (Å²) in [7, 11) is 0. The molecular weight excluding hydrogens is 260 g/mol. The molecule has 0 aliphatic rings. The van der Waals surface area contributed by atoms with Gasteiger partial charge < -0.3 is 5.32 Å². The Morgan fingerprint density at radius 1 is 1.28 bits per heavy atom. The summed E-state index contributed by atoms with van der Waals surface area (Å²) in [6, 6.07) is 6.26. The molecule has 90 valence electrons. The lowest BCUT2D eigenvalue weighted by Crippen LogP contribution is -1.98. The van der Waals surface area contributed by atoms with Crippen LogP contribution in [0.5, 0.6) is 0 Å². The first kappa shape index (κ1) is 12.3. The van der Waals surface area contributed by atoms with Crippen molar-refractivity contribution in [2.24, 2.45) is 0 Å². The van der Waals surface area contributed by atoms with Gasteiger partial charge >= 0.3 is 0 Å². The van der Waals surface area contributed by atoms with Crippen molar-refractivity contribution in [1.29, 1.82) is 5.26 Å². The molecule has 0 unspecified atom stereocenters. The summed E-state index contributed by atoms with van der Waals surface area (Å²) in [5, 5.41) is 11.4. The summed E-state index contributed by atoms with van der Waals surface area (Å²) in [4.78, 5) is 3.87. The Morgan fingerprint density at radius 3 is 2.78 bits per heavy atom. The van der Waals surface area contributed by atoms with Gasteiger partial charge in [0.1, 0.15) is 22.7 Å². The Labute approximate surface area is 107 Å². The van der Waals surface area contributed by atoms with Gasteiger partial charge in [-0.1, -0.05) is 11.6 Å². The van der Waals surface area contributed by atoms with Crippen molar-refractivity contribution in [3.63, 3.8) is 0 Å². The highest BCUT2D eigenvalue weighted by molar-refractivity contribution is 6.34. The monoisotopic (exact) mass is 265 g/mol. The maximum atomic E-state index is 13.4. The third kappa shape index (κ3) is 2.39. The summed E-state index contributed by atoms with van der Waals surface area (Å²) in [6.07, 6.45) is 1.35. The number of hydrogen-bond acceptors (Lipinski definition) is 3. The van der Waals surface area contributed by atoms with Crippen LogP contribution in [0.15, 0.2) is 30.5 Å². The van der Waals surface area contributed by atoms with E-state index in [-0.39, 0.29) is 22.1 Å². The van der Waals surface area contributed by atoms with E-state index in [0.29, 0.717) is 0 Å². The van der Waals surface area contributed by atoms with Crippen molar-refractivity contribution in [3.8, 4) is 6.07 Å². The minimum Gasteiger partial charge on any atom is -0.336 e. The van der Waals surface area contributed by atoms with E-state index in [0.717, 1.165) is 18.2 Å². The molecule has 6 heteroatoms. The molecule has 1 heterocycles. The van der Waals surface area contributed by atoms with Gasteiger partial charge in [-0.3, -0.25) is 0 Å². The first-order valence-corrected chi connectivity index (χ1v) is 5.26. The molecule has 0 fully saturated rings. The Kier molecular flexibility index (Phi) is 3.40. The van der Waals surface area contributed by atoms with Gasteiger partial charge in [0.05, 0.1) is 11.3 Å². The van der Waals surface area contributed by atoms with Crippen molar-refractivity contribution >= 4 is 23.1 Å². The van der Waals surface area contributed by atoms with Crippen molar-refractivity contribution in [3.05, 3.63) is 52.7 Å². The average Bonchev–Trinajstić information content (AvgIpc) is 2.36. The molecule has 1 N–H and O–H groups in total. The number of halogens is 3. The van der Waals surface area contributed by atoms with Crippen LogP contribution in [0.1, 0.15) is 5.56 Å². The number of nitrogens with one attached hydrogen (secondary N) is 1. The number of anilines is 2. The van der Waals surface area contributed by atoms with E-state index < -0.39 is 11.6 Å². The first-order valence-electron chi connectivity index (χ1n) is 4.88. The molecule has 0 atom stereocenters. The van der Waals surface area contributed by atoms with Gasteiger partial charge in [0.15, 0.2) is 5.82 Å². The van der Waals surface area contributed by atoms with Crippen LogP contribution in [-0.2, 0) is 0 Å². The number of hydrogen-bond donors (Lipinski definition) is 1. The third-order valence-electron chi connectivity index (χ3n) is 2.19. The molecule has 0 spiro atoms. The topological polar surface area (TPSA) is 48.7 Å². The summed E-state index contributed by atoms with van der Waals surface area (Å²) in [5.41, 5.74) is 0.102. The largest absolute Gasteiger partial charge is 0.336 e. The van der Waals surface area contributed by atoms with Gasteiger partial charge in [-0.25, -0.2) is 13.8 Å². The third-order valence-corrected chi connectivity index (χ3v) is 2.57. The maximum absolute atomic E-state index is 13.4. The summed E-state index contributed by atoms with van der Waals surface area (Å²) < 4.78 is 26.4. The summed E-state index contributed by atoms with van der Waals surface area (Å²) in [6.45, 7) is 0. The van der Waals surface area contributed by atoms with E-state index >= 15 is 0 Å². The molecule has 2 rings (SSSR count). The highest BCUT2D eigenvalue weighted by Gasteiger charge is 2.10. The Balaban J connectivity index is 2.41. The molecular formula is C12H6ClF2N3. The number of nitrogens with zero attached hydrogens (tertiary/aromatic N) is 2. The second kappa shape index (κ2) is 4.98. The van der Waals surface area contributed by atoms with Gasteiger partial charge in [0, 0.05) is 12.3 Å². The zero-order valence-electron chi connectivity index (χ0n) is 8.92. The summed E-state index contributed by atoms with van der Waals surface area (Å²) >= 11 is 5.89. The molecule has 0 aliphatic heterocycles. The molecule has 1 aromatic heterocycles. The van der Waals surface area contributed by atoms with Crippen molar-refractivity contribution in [1.82, 2.24) is 4.98 Å². The minimum absolute atomic E-state index is 0.0589. The molecule has 0 aliphatic carbocycles. The lowest BCUT2D eigenvalue weighted by atomic mass is 10.2. The van der Waals surface area contributed by atoms with E-state index in [1.54, 1.807) is 0 Å². The van der Waals surface area contributed by atoms with Crippen LogP contribution in [0.2, 0.25) is 5.02 Å². The van der Waals surface area contributed by atoms with Crippen molar-refractivity contribution in [2.75, 3.05) is 5.32 Å². The molecule has 2 aromatic rings. The van der Waals surface area contributed by atoms with E-state index in [2.05, 4.69) is 10.3 Å². The van der Waals surface area contributed by atoms with Gasteiger partial charge in [-0.05, 0) is 18.2 Å². The molecule has 18 heavy (non-hydrogen) atoms. The number of benzene rings is 1. The normalized spacial score (nSPS) is 9.89. The molecule has 0 amide bonds. The lowest BCUT2D eigenvalue weighted by molar-refractivity contribution is 0.603. The minimum atomic E-state index is -0.642. The fourth-order valence-electron chi connectivity index (χ4n) is 1.34. The van der Waals surface area contributed by atoms with Gasteiger partial charge in [0.25, 0.3) is 0 Å². The zero-order chi connectivity index (χ0) is 13.1. The van der Waals surface area contributed by atoms with Crippen LogP contribution in [0.25, 0.3) is 0 Å². The highest BCUT2D eigenvalue weighted by Crippen LogP contribution is 2.27. The number of nitriles is 1. The standard InChI is InChI=1S/C12H6ClF2N3/c13-11-7(6-16)3-4-17-12(11)18-10-5-8(14)1-2-9(10)15/h1-5H,(H,17,18). The Hall–Kier alpha value is -2.19. The number of aromatic nitrogens is 1. The summed E-state index contributed by atoms with van der Waals surface area (Å²) in [5.74, 6) is -1.14. The van der Waals surface area contributed by atoms with Crippen LogP contribution >= 0.6 is 11.6 Å². The molecule has 0 radical (unpaired) electrons. The van der Waals surface area contributed by atoms with E-state index in [9.17, 15) is 8.78 Å².